The van der Waals surface area contributed by atoms with Crippen LogP contribution in [0.1, 0.15) is 57.8 Å². The van der Waals surface area contributed by atoms with E-state index in [1.54, 1.807) is 6.20 Å². The van der Waals surface area contributed by atoms with E-state index in [1.165, 1.54) is 44.9 Å². The SMILES string of the molecule is O=C(CCC1CCNCC1)Nc1ncccc1OCC1CCCCC1. The molecule has 0 aromatic carbocycles. The zero-order valence-electron chi connectivity index (χ0n) is 15.1. The van der Waals surface area contributed by atoms with Gasteiger partial charge < -0.3 is 15.4 Å². The molecule has 1 aromatic rings. The highest BCUT2D eigenvalue weighted by Crippen LogP contribution is 2.27. The summed E-state index contributed by atoms with van der Waals surface area (Å²) in [6, 6.07) is 3.76. The van der Waals surface area contributed by atoms with E-state index in [0.717, 1.165) is 26.1 Å². The van der Waals surface area contributed by atoms with Crippen LogP contribution in [0, 0.1) is 11.8 Å². The molecule has 0 bridgehead atoms. The van der Waals surface area contributed by atoms with Gasteiger partial charge in [-0.1, -0.05) is 19.3 Å². The van der Waals surface area contributed by atoms with Gasteiger partial charge in [-0.3, -0.25) is 4.79 Å². The normalized spacial score (nSPS) is 19.5. The molecule has 1 aromatic heterocycles. The lowest BCUT2D eigenvalue weighted by molar-refractivity contribution is -0.116. The Labute approximate surface area is 150 Å². The number of carbonyl (C=O) groups excluding carboxylic acids is 1. The van der Waals surface area contributed by atoms with Crippen molar-refractivity contribution in [1.82, 2.24) is 10.3 Å². The van der Waals surface area contributed by atoms with Crippen LogP contribution in [0.5, 0.6) is 5.75 Å². The van der Waals surface area contributed by atoms with Crippen molar-refractivity contribution < 1.29 is 9.53 Å². The van der Waals surface area contributed by atoms with Gasteiger partial charge in [0.05, 0.1) is 6.61 Å². The number of piperidine rings is 1. The molecule has 25 heavy (non-hydrogen) atoms. The second-order valence-corrected chi connectivity index (χ2v) is 7.45. The largest absolute Gasteiger partial charge is 0.489 e. The maximum Gasteiger partial charge on any atom is 0.225 e. The first-order chi connectivity index (χ1) is 12.3. The smallest absolute Gasteiger partial charge is 0.225 e. The Bertz CT molecular complexity index is 537. The maximum atomic E-state index is 12.3. The second-order valence-electron chi connectivity index (χ2n) is 7.45. The van der Waals surface area contributed by atoms with E-state index < -0.39 is 0 Å². The van der Waals surface area contributed by atoms with Gasteiger partial charge in [0.2, 0.25) is 5.91 Å². The number of amides is 1. The van der Waals surface area contributed by atoms with E-state index in [9.17, 15) is 4.79 Å². The standard InChI is InChI=1S/C20H31N3O2/c24-19(9-8-16-10-13-21-14-11-16)23-20-18(7-4-12-22-20)25-15-17-5-2-1-3-6-17/h4,7,12,16-17,21H,1-3,5-6,8-11,13-15H2,(H,22,23,24). The van der Waals surface area contributed by atoms with Crippen molar-refractivity contribution in [2.45, 2.75) is 57.8 Å². The molecule has 3 rings (SSSR count). The first-order valence-corrected chi connectivity index (χ1v) is 9.89. The van der Waals surface area contributed by atoms with Crippen LogP contribution in [0.3, 0.4) is 0 Å². The fourth-order valence-electron chi connectivity index (χ4n) is 3.86. The maximum absolute atomic E-state index is 12.3. The molecule has 2 N–H and O–H groups in total. The zero-order chi connectivity index (χ0) is 17.3. The Morgan fingerprint density at radius 3 is 2.76 bits per heavy atom. The van der Waals surface area contributed by atoms with Crippen LogP contribution in [0.2, 0.25) is 0 Å². The molecule has 2 aliphatic rings. The van der Waals surface area contributed by atoms with Gasteiger partial charge in [0.15, 0.2) is 11.6 Å². The van der Waals surface area contributed by atoms with E-state index in [0.29, 0.717) is 29.8 Å². The number of pyridine rings is 1. The number of carbonyl (C=O) groups is 1. The lowest BCUT2D eigenvalue weighted by Crippen LogP contribution is -2.28. The fourth-order valence-corrected chi connectivity index (χ4v) is 3.86. The highest BCUT2D eigenvalue weighted by molar-refractivity contribution is 5.91. The third kappa shape index (κ3) is 5.99. The number of aromatic nitrogens is 1. The summed E-state index contributed by atoms with van der Waals surface area (Å²) in [7, 11) is 0. The van der Waals surface area contributed by atoms with Gasteiger partial charge in [0, 0.05) is 12.6 Å². The molecule has 1 aliphatic heterocycles. The van der Waals surface area contributed by atoms with Crippen LogP contribution < -0.4 is 15.4 Å². The Balaban J connectivity index is 1.46. The van der Waals surface area contributed by atoms with Crippen LogP contribution in [0.15, 0.2) is 18.3 Å². The molecule has 0 unspecified atom stereocenters. The van der Waals surface area contributed by atoms with Crippen LogP contribution in [-0.2, 0) is 4.79 Å². The number of nitrogens with zero attached hydrogens (tertiary/aromatic N) is 1. The molecule has 0 radical (unpaired) electrons. The monoisotopic (exact) mass is 345 g/mol. The number of hydrogen-bond acceptors (Lipinski definition) is 4. The first kappa shape index (κ1) is 18.2. The molecule has 1 saturated heterocycles. The minimum Gasteiger partial charge on any atom is -0.489 e. The van der Waals surface area contributed by atoms with Crippen LogP contribution in [0.25, 0.3) is 0 Å². The highest BCUT2D eigenvalue weighted by atomic mass is 16.5. The summed E-state index contributed by atoms with van der Waals surface area (Å²) >= 11 is 0. The van der Waals surface area contributed by atoms with Crippen molar-refractivity contribution in [2.75, 3.05) is 25.0 Å². The molecular weight excluding hydrogens is 314 g/mol. The van der Waals surface area contributed by atoms with Crippen molar-refractivity contribution >= 4 is 11.7 Å². The molecule has 1 aliphatic carbocycles. The molecule has 2 heterocycles. The lowest BCUT2D eigenvalue weighted by atomic mass is 9.90. The molecular formula is C20H31N3O2. The fraction of sp³-hybridized carbons (Fsp3) is 0.700. The van der Waals surface area contributed by atoms with Crippen LogP contribution in [-0.4, -0.2) is 30.6 Å². The van der Waals surface area contributed by atoms with Gasteiger partial charge in [0.25, 0.3) is 0 Å². The third-order valence-corrected chi connectivity index (χ3v) is 5.47. The topological polar surface area (TPSA) is 63.2 Å². The van der Waals surface area contributed by atoms with Crippen molar-refractivity contribution in [2.24, 2.45) is 11.8 Å². The van der Waals surface area contributed by atoms with E-state index in [4.69, 9.17) is 4.74 Å². The minimum atomic E-state index is 0.0414. The average molecular weight is 345 g/mol. The summed E-state index contributed by atoms with van der Waals surface area (Å²) in [4.78, 5) is 16.6. The van der Waals surface area contributed by atoms with Crippen LogP contribution >= 0.6 is 0 Å². The van der Waals surface area contributed by atoms with Gasteiger partial charge in [-0.05, 0) is 69.2 Å². The van der Waals surface area contributed by atoms with Crippen molar-refractivity contribution in [3.8, 4) is 5.75 Å². The van der Waals surface area contributed by atoms with Gasteiger partial charge in [0.1, 0.15) is 0 Å². The Hall–Kier alpha value is -1.62. The summed E-state index contributed by atoms with van der Waals surface area (Å²) in [6.45, 7) is 2.88. The first-order valence-electron chi connectivity index (χ1n) is 9.89. The minimum absolute atomic E-state index is 0.0414. The number of rotatable bonds is 7. The predicted molar refractivity (Wildman–Crippen MR) is 99.8 cm³/mol. The van der Waals surface area contributed by atoms with Crippen molar-refractivity contribution in [1.29, 1.82) is 0 Å². The predicted octanol–water partition coefficient (Wildman–Crippen LogP) is 3.76. The van der Waals surface area contributed by atoms with E-state index >= 15 is 0 Å². The molecule has 0 atom stereocenters. The number of anilines is 1. The van der Waals surface area contributed by atoms with Gasteiger partial charge in [-0.2, -0.15) is 0 Å². The number of hydrogen-bond donors (Lipinski definition) is 2. The quantitative estimate of drug-likeness (QED) is 0.790. The molecule has 5 nitrogen and oxygen atoms in total. The van der Waals surface area contributed by atoms with Gasteiger partial charge in [-0.25, -0.2) is 4.98 Å². The Morgan fingerprint density at radius 2 is 1.96 bits per heavy atom. The van der Waals surface area contributed by atoms with Gasteiger partial charge in [-0.15, -0.1) is 0 Å². The summed E-state index contributed by atoms with van der Waals surface area (Å²) < 4.78 is 5.99. The zero-order valence-corrected chi connectivity index (χ0v) is 15.1. The third-order valence-electron chi connectivity index (χ3n) is 5.47. The summed E-state index contributed by atoms with van der Waals surface area (Å²) in [5.41, 5.74) is 0. The van der Waals surface area contributed by atoms with Crippen molar-refractivity contribution in [3.05, 3.63) is 18.3 Å². The lowest BCUT2D eigenvalue weighted by Gasteiger charge is -2.23. The second kappa shape index (κ2) is 9.76. The molecule has 138 valence electrons. The molecule has 0 spiro atoms. The summed E-state index contributed by atoms with van der Waals surface area (Å²) in [5, 5.41) is 6.31. The number of ether oxygens (including phenoxy) is 1. The van der Waals surface area contributed by atoms with Crippen molar-refractivity contribution in [3.63, 3.8) is 0 Å². The van der Waals surface area contributed by atoms with E-state index in [1.807, 2.05) is 12.1 Å². The Kier molecular flexibility index (Phi) is 7.10. The summed E-state index contributed by atoms with van der Waals surface area (Å²) in [5.74, 6) is 2.60. The van der Waals surface area contributed by atoms with Crippen LogP contribution in [0.4, 0.5) is 5.82 Å². The highest BCUT2D eigenvalue weighted by Gasteiger charge is 2.17. The molecule has 5 heteroatoms. The Morgan fingerprint density at radius 1 is 1.16 bits per heavy atom. The molecule has 2 fully saturated rings. The van der Waals surface area contributed by atoms with Gasteiger partial charge >= 0.3 is 0 Å². The number of nitrogens with one attached hydrogen (secondary N) is 2. The van der Waals surface area contributed by atoms with E-state index in [2.05, 4.69) is 15.6 Å². The molecule has 1 saturated carbocycles. The average Bonchev–Trinajstić information content (AvgIpc) is 2.67. The summed E-state index contributed by atoms with van der Waals surface area (Å²) in [6.07, 6.45) is 12.0. The molecule has 1 amide bonds. The van der Waals surface area contributed by atoms with E-state index in [-0.39, 0.29) is 5.91 Å².